The van der Waals surface area contributed by atoms with Crippen LogP contribution in [0, 0.1) is 15.2 Å². The number of rotatable bonds is 4. The minimum atomic E-state index is -0.581. The first-order chi connectivity index (χ1) is 15.0. The molecule has 0 atom stereocenters. The van der Waals surface area contributed by atoms with Crippen LogP contribution in [0.2, 0.25) is 0 Å². The van der Waals surface area contributed by atoms with E-state index in [1.165, 1.54) is 12.1 Å². The molecule has 160 valence electrons. The molecule has 0 N–H and O–H groups in total. The van der Waals surface area contributed by atoms with Gasteiger partial charge in [-0.3, -0.25) is 19.6 Å². The van der Waals surface area contributed by atoms with Crippen LogP contribution in [0.1, 0.15) is 17.5 Å². The molecule has 3 heterocycles. The number of nitrogens with zero attached hydrogens (tertiary/aromatic N) is 4. The normalized spacial score (nSPS) is 18.9. The number of aliphatic imine (C=N–C) groups is 1. The minimum absolute atomic E-state index is 0.0272. The summed E-state index contributed by atoms with van der Waals surface area (Å²) in [6.07, 6.45) is 0.718. The second-order valence-corrected chi connectivity index (χ2v) is 9.26. The van der Waals surface area contributed by atoms with Crippen LogP contribution in [0.4, 0.5) is 8.78 Å². The third-order valence-electron chi connectivity index (χ3n) is 5.87. The topological polar surface area (TPSA) is 39.2 Å². The minimum Gasteiger partial charge on any atom is -0.314 e. The molecular weight excluding hydrogens is 513 g/mol. The summed E-state index contributed by atoms with van der Waals surface area (Å²) in [5, 5.41) is 0. The number of halogens is 3. The average Bonchev–Trinajstić information content (AvgIpc) is 3.21. The number of hydrogen-bond donors (Lipinski definition) is 0. The molecule has 0 fully saturated rings. The molecule has 1 amide bonds. The van der Waals surface area contributed by atoms with Gasteiger partial charge in [0.15, 0.2) is 0 Å². The Kier molecular flexibility index (Phi) is 5.51. The lowest BCUT2D eigenvalue weighted by Gasteiger charge is -2.42. The molecule has 0 aliphatic carbocycles. The average molecular weight is 534 g/mol. The summed E-state index contributed by atoms with van der Waals surface area (Å²) in [5.41, 5.74) is 3.43. The Morgan fingerprint density at radius 1 is 0.968 bits per heavy atom. The summed E-state index contributed by atoms with van der Waals surface area (Å²) in [4.78, 5) is 24.1. The van der Waals surface area contributed by atoms with Crippen molar-refractivity contribution in [1.82, 2.24) is 14.7 Å². The van der Waals surface area contributed by atoms with Crippen molar-refractivity contribution in [2.45, 2.75) is 19.5 Å². The third-order valence-corrected chi connectivity index (χ3v) is 6.59. The lowest BCUT2D eigenvalue weighted by molar-refractivity contribution is -0.125. The molecule has 0 radical (unpaired) electrons. The van der Waals surface area contributed by atoms with Crippen LogP contribution in [0.3, 0.4) is 0 Å². The number of carbonyl (C=O) groups is 1. The molecule has 5 rings (SSSR count). The summed E-state index contributed by atoms with van der Waals surface area (Å²) in [7, 11) is 0. The fraction of sp³-hybridized carbons (Fsp3) is 0.304. The molecular formula is C23H21F2IN4O. The Morgan fingerprint density at radius 2 is 1.71 bits per heavy atom. The summed E-state index contributed by atoms with van der Waals surface area (Å²) in [6.45, 7) is 3.51. The summed E-state index contributed by atoms with van der Waals surface area (Å²) < 4.78 is 28.3. The van der Waals surface area contributed by atoms with Gasteiger partial charge in [-0.1, -0.05) is 12.1 Å². The fourth-order valence-electron chi connectivity index (χ4n) is 4.48. The standard InChI is InChI=1S/C23H21F2IN4O/c24-17-9-16(10-18(25)11-17)12-28-7-5-21-20(14-28)22(31)30(23-27-6-8-29(21)23)13-15-1-3-19(26)4-2-15/h1-4,9-11H,5-8,12-14H2. The summed E-state index contributed by atoms with van der Waals surface area (Å²) >= 11 is 2.26. The van der Waals surface area contributed by atoms with Crippen molar-refractivity contribution in [1.29, 1.82) is 0 Å². The Balaban J connectivity index is 1.39. The molecule has 31 heavy (non-hydrogen) atoms. The third kappa shape index (κ3) is 4.10. The van der Waals surface area contributed by atoms with Gasteiger partial charge < -0.3 is 4.90 Å². The number of amides is 1. The van der Waals surface area contributed by atoms with Crippen molar-refractivity contribution in [2.24, 2.45) is 4.99 Å². The monoisotopic (exact) mass is 534 g/mol. The maximum Gasteiger partial charge on any atom is 0.259 e. The Bertz CT molecular complexity index is 1080. The molecule has 0 aromatic heterocycles. The number of carbonyl (C=O) groups excluding carboxylic acids is 1. The van der Waals surface area contributed by atoms with E-state index in [0.29, 0.717) is 31.7 Å². The van der Waals surface area contributed by atoms with Crippen LogP contribution in [0.15, 0.2) is 58.7 Å². The highest BCUT2D eigenvalue weighted by Crippen LogP contribution is 2.32. The lowest BCUT2D eigenvalue weighted by atomic mass is 10.00. The van der Waals surface area contributed by atoms with Crippen LogP contribution in [-0.4, -0.2) is 52.7 Å². The number of hydrogen-bond acceptors (Lipinski definition) is 4. The van der Waals surface area contributed by atoms with E-state index in [4.69, 9.17) is 0 Å². The molecule has 0 saturated heterocycles. The van der Waals surface area contributed by atoms with Crippen LogP contribution >= 0.6 is 22.6 Å². The van der Waals surface area contributed by atoms with Gasteiger partial charge in [0, 0.05) is 47.9 Å². The van der Waals surface area contributed by atoms with Gasteiger partial charge in [0.25, 0.3) is 5.91 Å². The van der Waals surface area contributed by atoms with Crippen molar-refractivity contribution in [3.05, 3.63) is 80.1 Å². The zero-order valence-electron chi connectivity index (χ0n) is 16.8. The number of fused-ring (bicyclic) bond motifs is 2. The number of benzene rings is 2. The number of guanidine groups is 1. The molecule has 8 heteroatoms. The molecule has 0 bridgehead atoms. The Hall–Kier alpha value is -2.33. The van der Waals surface area contributed by atoms with E-state index in [-0.39, 0.29) is 5.91 Å². The molecule has 0 unspecified atom stereocenters. The Labute approximate surface area is 193 Å². The molecule has 5 nitrogen and oxygen atoms in total. The first kappa shape index (κ1) is 20.6. The van der Waals surface area contributed by atoms with Crippen LogP contribution in [-0.2, 0) is 17.9 Å². The van der Waals surface area contributed by atoms with Gasteiger partial charge in [-0.05, 0) is 58.0 Å². The predicted molar refractivity (Wildman–Crippen MR) is 122 cm³/mol. The van der Waals surface area contributed by atoms with Gasteiger partial charge in [0.1, 0.15) is 11.6 Å². The highest BCUT2D eigenvalue weighted by Gasteiger charge is 2.40. The van der Waals surface area contributed by atoms with Gasteiger partial charge in [-0.15, -0.1) is 0 Å². The molecule has 3 aliphatic heterocycles. The first-order valence-corrected chi connectivity index (χ1v) is 11.3. The van der Waals surface area contributed by atoms with E-state index >= 15 is 0 Å². The predicted octanol–water partition coefficient (Wildman–Crippen LogP) is 3.74. The lowest BCUT2D eigenvalue weighted by Crippen LogP contribution is -2.53. The van der Waals surface area contributed by atoms with Crippen molar-refractivity contribution in [3.8, 4) is 0 Å². The van der Waals surface area contributed by atoms with Crippen molar-refractivity contribution in [2.75, 3.05) is 26.2 Å². The highest BCUT2D eigenvalue weighted by atomic mass is 127. The maximum atomic E-state index is 13.6. The van der Waals surface area contributed by atoms with E-state index in [0.717, 1.165) is 51.9 Å². The maximum absolute atomic E-state index is 13.6. The summed E-state index contributed by atoms with van der Waals surface area (Å²) in [5.74, 6) is -0.451. The van der Waals surface area contributed by atoms with Crippen molar-refractivity contribution < 1.29 is 13.6 Å². The van der Waals surface area contributed by atoms with Crippen LogP contribution < -0.4 is 0 Å². The zero-order chi connectivity index (χ0) is 21.5. The van der Waals surface area contributed by atoms with Crippen LogP contribution in [0.25, 0.3) is 0 Å². The largest absolute Gasteiger partial charge is 0.314 e. The second kappa shape index (κ2) is 8.31. The highest BCUT2D eigenvalue weighted by molar-refractivity contribution is 14.1. The Morgan fingerprint density at radius 3 is 2.45 bits per heavy atom. The fourth-order valence-corrected chi connectivity index (χ4v) is 4.84. The first-order valence-electron chi connectivity index (χ1n) is 10.3. The van der Waals surface area contributed by atoms with Crippen molar-refractivity contribution in [3.63, 3.8) is 0 Å². The van der Waals surface area contributed by atoms with E-state index in [1.54, 1.807) is 4.90 Å². The molecule has 0 saturated carbocycles. The van der Waals surface area contributed by atoms with E-state index in [9.17, 15) is 13.6 Å². The SMILES string of the molecule is O=C1C2=C(CCN(Cc3cc(F)cc(F)c3)C2)N2CCN=C2N1Cc1ccc(I)cc1. The van der Waals surface area contributed by atoms with Crippen molar-refractivity contribution >= 4 is 34.5 Å². The quantitative estimate of drug-likeness (QED) is 0.562. The van der Waals surface area contributed by atoms with E-state index < -0.39 is 11.6 Å². The molecule has 2 aromatic carbocycles. The van der Waals surface area contributed by atoms with Crippen LogP contribution in [0.5, 0.6) is 0 Å². The van der Waals surface area contributed by atoms with Gasteiger partial charge >= 0.3 is 0 Å². The molecule has 2 aromatic rings. The van der Waals surface area contributed by atoms with Gasteiger partial charge in [-0.25, -0.2) is 8.78 Å². The van der Waals surface area contributed by atoms with Gasteiger partial charge in [0.2, 0.25) is 5.96 Å². The zero-order valence-corrected chi connectivity index (χ0v) is 19.0. The molecule has 3 aliphatic rings. The summed E-state index contributed by atoms with van der Waals surface area (Å²) in [6, 6.07) is 11.7. The second-order valence-electron chi connectivity index (χ2n) is 8.01. The van der Waals surface area contributed by atoms with Gasteiger partial charge in [-0.2, -0.15) is 0 Å². The smallest absolute Gasteiger partial charge is 0.259 e. The van der Waals surface area contributed by atoms with E-state index in [1.807, 2.05) is 24.3 Å². The van der Waals surface area contributed by atoms with E-state index in [2.05, 4.69) is 37.4 Å². The van der Waals surface area contributed by atoms with Gasteiger partial charge in [0.05, 0.1) is 18.7 Å². The molecule has 0 spiro atoms.